The molecule has 0 saturated carbocycles. The van der Waals surface area contributed by atoms with Gasteiger partial charge < -0.3 is 18.6 Å². The lowest BCUT2D eigenvalue weighted by Gasteiger charge is -2.10. The van der Waals surface area contributed by atoms with Crippen LogP contribution in [0.1, 0.15) is 54.1 Å². The zero-order valence-corrected chi connectivity index (χ0v) is 21.9. The van der Waals surface area contributed by atoms with E-state index in [9.17, 15) is 9.59 Å². The van der Waals surface area contributed by atoms with E-state index >= 15 is 0 Å². The first-order valence-corrected chi connectivity index (χ1v) is 12.7. The monoisotopic (exact) mass is 520 g/mol. The molecule has 192 valence electrons. The van der Waals surface area contributed by atoms with Crippen molar-refractivity contribution in [2.45, 2.75) is 46.5 Å². The number of carbonyl (C=O) groups excluding carboxylic acids is 1. The Balaban J connectivity index is 1.43. The van der Waals surface area contributed by atoms with E-state index in [1.807, 2.05) is 13.8 Å². The van der Waals surface area contributed by atoms with Crippen molar-refractivity contribution in [1.29, 1.82) is 0 Å². The van der Waals surface area contributed by atoms with Gasteiger partial charge >= 0.3 is 5.97 Å². The van der Waals surface area contributed by atoms with E-state index in [0.717, 1.165) is 24.0 Å². The number of esters is 1. The van der Waals surface area contributed by atoms with Gasteiger partial charge in [-0.05, 0) is 79.9 Å². The highest BCUT2D eigenvalue weighted by molar-refractivity contribution is 6.32. The lowest BCUT2D eigenvalue weighted by molar-refractivity contribution is 0.0735. The fourth-order valence-corrected chi connectivity index (χ4v) is 4.00. The van der Waals surface area contributed by atoms with Gasteiger partial charge in [0.05, 0.1) is 17.6 Å². The summed E-state index contributed by atoms with van der Waals surface area (Å²) in [5.74, 6) is 0.983. The molecule has 3 aromatic carbocycles. The zero-order valence-electron chi connectivity index (χ0n) is 21.1. The van der Waals surface area contributed by atoms with E-state index in [2.05, 4.69) is 6.92 Å². The fraction of sp³-hybridized carbons (Fsp3) is 0.267. The van der Waals surface area contributed by atoms with Crippen LogP contribution in [0.4, 0.5) is 0 Å². The van der Waals surface area contributed by atoms with Crippen molar-refractivity contribution in [3.05, 3.63) is 92.8 Å². The van der Waals surface area contributed by atoms with Crippen LogP contribution in [0.5, 0.6) is 23.0 Å². The molecule has 0 spiro atoms. The van der Waals surface area contributed by atoms with Gasteiger partial charge in [0, 0.05) is 11.1 Å². The number of aryl methyl sites for hydroxylation is 2. The van der Waals surface area contributed by atoms with Gasteiger partial charge in [0.2, 0.25) is 11.2 Å². The summed E-state index contributed by atoms with van der Waals surface area (Å²) >= 11 is 6.21. The number of carbonyl (C=O) groups is 1. The van der Waals surface area contributed by atoms with Crippen LogP contribution in [0.25, 0.3) is 11.0 Å². The average Bonchev–Trinajstić information content (AvgIpc) is 2.89. The molecule has 0 unspecified atom stereocenters. The van der Waals surface area contributed by atoms with E-state index in [1.54, 1.807) is 48.5 Å². The van der Waals surface area contributed by atoms with Gasteiger partial charge in [-0.15, -0.1) is 0 Å². The summed E-state index contributed by atoms with van der Waals surface area (Å²) in [5.41, 5.74) is 2.01. The van der Waals surface area contributed by atoms with Gasteiger partial charge in [0.25, 0.3) is 0 Å². The van der Waals surface area contributed by atoms with Crippen molar-refractivity contribution < 1.29 is 23.4 Å². The van der Waals surface area contributed by atoms with Crippen molar-refractivity contribution >= 4 is 28.5 Å². The Labute approximate surface area is 220 Å². The maximum Gasteiger partial charge on any atom is 0.343 e. The van der Waals surface area contributed by atoms with E-state index in [4.69, 9.17) is 30.2 Å². The number of rotatable bonds is 10. The predicted octanol–water partition coefficient (Wildman–Crippen LogP) is 8.03. The Kier molecular flexibility index (Phi) is 8.51. The van der Waals surface area contributed by atoms with Gasteiger partial charge in [-0.3, -0.25) is 4.79 Å². The topological polar surface area (TPSA) is 75.0 Å². The molecule has 0 radical (unpaired) electrons. The summed E-state index contributed by atoms with van der Waals surface area (Å²) in [7, 11) is 0. The molecule has 0 aliphatic rings. The molecule has 0 fully saturated rings. The smallest absolute Gasteiger partial charge is 0.343 e. The number of hydrogen-bond donors (Lipinski definition) is 0. The first kappa shape index (κ1) is 26.3. The second-order valence-corrected chi connectivity index (χ2v) is 9.26. The molecule has 1 aromatic heterocycles. The largest absolute Gasteiger partial charge is 0.494 e. The van der Waals surface area contributed by atoms with Crippen LogP contribution in [0.15, 0.2) is 70.1 Å². The summed E-state index contributed by atoms with van der Waals surface area (Å²) in [6.07, 6.45) is 5.77. The minimum atomic E-state index is -0.523. The molecule has 0 bridgehead atoms. The Morgan fingerprint density at radius 2 is 1.59 bits per heavy atom. The van der Waals surface area contributed by atoms with Crippen LogP contribution in [-0.4, -0.2) is 12.6 Å². The predicted molar refractivity (Wildman–Crippen MR) is 145 cm³/mol. The van der Waals surface area contributed by atoms with E-state index in [-0.39, 0.29) is 22.5 Å². The molecule has 4 rings (SSSR count). The molecular weight excluding hydrogens is 492 g/mol. The third-order valence-electron chi connectivity index (χ3n) is 5.92. The van der Waals surface area contributed by atoms with Crippen molar-refractivity contribution in [3.8, 4) is 23.0 Å². The number of halogens is 1. The summed E-state index contributed by atoms with van der Waals surface area (Å²) < 4.78 is 22.6. The Morgan fingerprint density at radius 3 is 2.30 bits per heavy atom. The lowest BCUT2D eigenvalue weighted by atomic mass is 10.1. The van der Waals surface area contributed by atoms with Crippen molar-refractivity contribution in [2.75, 3.05) is 6.61 Å². The van der Waals surface area contributed by atoms with Gasteiger partial charge in [-0.2, -0.15) is 0 Å². The normalized spacial score (nSPS) is 10.9. The van der Waals surface area contributed by atoms with Crippen LogP contribution in [0, 0.1) is 13.8 Å². The number of fused-ring (bicyclic) bond motifs is 1. The van der Waals surface area contributed by atoms with Crippen LogP contribution in [-0.2, 0) is 0 Å². The molecule has 6 nitrogen and oxygen atoms in total. The third-order valence-corrected chi connectivity index (χ3v) is 6.52. The molecule has 0 saturated heterocycles. The van der Waals surface area contributed by atoms with Crippen molar-refractivity contribution in [2.24, 2.45) is 0 Å². The highest BCUT2D eigenvalue weighted by atomic mass is 35.5. The molecule has 37 heavy (non-hydrogen) atoms. The van der Waals surface area contributed by atoms with E-state index in [1.165, 1.54) is 25.2 Å². The van der Waals surface area contributed by atoms with E-state index < -0.39 is 5.97 Å². The van der Waals surface area contributed by atoms with Crippen LogP contribution < -0.4 is 19.6 Å². The first-order valence-electron chi connectivity index (χ1n) is 12.3. The second kappa shape index (κ2) is 12.0. The molecule has 1 heterocycles. The maximum absolute atomic E-state index is 13.0. The summed E-state index contributed by atoms with van der Waals surface area (Å²) in [4.78, 5) is 25.6. The average molecular weight is 521 g/mol. The van der Waals surface area contributed by atoms with Gasteiger partial charge in [-0.25, -0.2) is 4.79 Å². The minimum absolute atomic E-state index is 0.0473. The third kappa shape index (κ3) is 6.52. The summed E-state index contributed by atoms with van der Waals surface area (Å²) in [6, 6.07) is 14.9. The maximum atomic E-state index is 13.0. The highest BCUT2D eigenvalue weighted by Crippen LogP contribution is 2.29. The van der Waals surface area contributed by atoms with Crippen LogP contribution in [0.2, 0.25) is 5.02 Å². The molecule has 7 heteroatoms. The van der Waals surface area contributed by atoms with Crippen molar-refractivity contribution in [3.63, 3.8) is 0 Å². The first-order chi connectivity index (χ1) is 17.9. The number of ether oxygens (including phenoxy) is 3. The summed E-state index contributed by atoms with van der Waals surface area (Å²) in [5, 5.41) is 0.960. The Hall–Kier alpha value is -3.77. The number of unbranched alkanes of at least 4 members (excludes halogenated alkanes) is 3. The van der Waals surface area contributed by atoms with E-state index in [0.29, 0.717) is 34.1 Å². The van der Waals surface area contributed by atoms with Gasteiger partial charge in [-0.1, -0.05) is 37.8 Å². The van der Waals surface area contributed by atoms with Crippen LogP contribution in [0.3, 0.4) is 0 Å². The molecule has 0 amide bonds. The molecule has 0 atom stereocenters. The lowest BCUT2D eigenvalue weighted by Crippen LogP contribution is -2.09. The molecular formula is C30H29ClO6. The molecule has 4 aromatic rings. The number of hydrogen-bond acceptors (Lipinski definition) is 6. The second-order valence-electron chi connectivity index (χ2n) is 8.88. The van der Waals surface area contributed by atoms with Gasteiger partial charge in [0.1, 0.15) is 29.1 Å². The quantitative estimate of drug-likeness (QED) is 0.120. The Bertz CT molecular complexity index is 1430. The fourth-order valence-electron chi connectivity index (χ4n) is 3.89. The SMILES string of the molecule is CCCCCCOc1ccc(C(=O)Oc2ccc3c(=O)c(Oc4cc(C)c(Cl)c(C)c4)coc3c2)cc1. The Morgan fingerprint density at radius 1 is 0.892 bits per heavy atom. The standard InChI is InChI=1S/C30H29ClO6/c1-4-5-6-7-14-34-22-10-8-21(9-11-22)30(33)37-23-12-13-25-26(17-23)35-18-27(29(25)32)36-24-15-19(2)28(31)20(3)16-24/h8-13,15-18H,4-7,14H2,1-3H3. The molecule has 0 N–H and O–H groups in total. The number of benzene rings is 3. The molecule has 0 aliphatic heterocycles. The van der Waals surface area contributed by atoms with Crippen LogP contribution >= 0.6 is 11.6 Å². The highest BCUT2D eigenvalue weighted by Gasteiger charge is 2.14. The van der Waals surface area contributed by atoms with Gasteiger partial charge in [0.15, 0.2) is 0 Å². The zero-order chi connectivity index (χ0) is 26.4. The molecule has 0 aliphatic carbocycles. The summed E-state index contributed by atoms with van der Waals surface area (Å²) in [6.45, 7) is 6.55. The minimum Gasteiger partial charge on any atom is -0.494 e. The van der Waals surface area contributed by atoms with Crippen molar-refractivity contribution in [1.82, 2.24) is 0 Å².